The summed E-state index contributed by atoms with van der Waals surface area (Å²) in [5, 5.41) is 0. The van der Waals surface area contributed by atoms with Crippen LogP contribution in [0.5, 0.6) is 0 Å². The maximum absolute atomic E-state index is 12.6. The maximum Gasteiger partial charge on any atom is 0.332 e. The van der Waals surface area contributed by atoms with Crippen molar-refractivity contribution in [1.82, 2.24) is 18.7 Å². The van der Waals surface area contributed by atoms with E-state index in [1.807, 2.05) is 11.5 Å². The monoisotopic (exact) mass is 293 g/mol. The number of hydrogen-bond donors (Lipinski definition) is 1. The molecule has 7 heteroatoms. The van der Waals surface area contributed by atoms with E-state index in [0.29, 0.717) is 24.3 Å². The van der Waals surface area contributed by atoms with Crippen molar-refractivity contribution in [1.29, 1.82) is 0 Å². The van der Waals surface area contributed by atoms with Gasteiger partial charge in [0.15, 0.2) is 11.2 Å². The summed E-state index contributed by atoms with van der Waals surface area (Å²) in [5.41, 5.74) is 6.08. The number of fused-ring (bicyclic) bond motifs is 1. The summed E-state index contributed by atoms with van der Waals surface area (Å²) in [5.74, 6) is 0.811. The molecule has 2 heterocycles. The van der Waals surface area contributed by atoms with Gasteiger partial charge < -0.3 is 10.3 Å². The van der Waals surface area contributed by atoms with Gasteiger partial charge in [0.05, 0.1) is 0 Å². The molecule has 0 saturated heterocycles. The van der Waals surface area contributed by atoms with E-state index in [1.54, 1.807) is 14.0 Å². The Kier molecular flexibility index (Phi) is 4.32. The number of aromatic nitrogens is 4. The molecule has 2 aromatic rings. The van der Waals surface area contributed by atoms with Gasteiger partial charge in [0.1, 0.15) is 5.82 Å². The minimum atomic E-state index is -0.330. The van der Waals surface area contributed by atoms with Crippen LogP contribution >= 0.6 is 0 Å². The van der Waals surface area contributed by atoms with Gasteiger partial charge in [-0.05, 0) is 20.3 Å². The summed E-state index contributed by atoms with van der Waals surface area (Å²) < 4.78 is 4.57. The van der Waals surface area contributed by atoms with Crippen LogP contribution in [-0.2, 0) is 20.0 Å². The summed E-state index contributed by atoms with van der Waals surface area (Å²) in [6, 6.07) is -0.0351. The average molecular weight is 293 g/mol. The van der Waals surface area contributed by atoms with Crippen molar-refractivity contribution in [2.75, 3.05) is 6.54 Å². The number of hydrogen-bond acceptors (Lipinski definition) is 4. The molecule has 1 atom stereocenters. The first-order valence-corrected chi connectivity index (χ1v) is 7.38. The first kappa shape index (κ1) is 15.5. The molecule has 0 aliphatic rings. The van der Waals surface area contributed by atoms with Crippen molar-refractivity contribution in [2.24, 2.45) is 12.8 Å². The maximum atomic E-state index is 12.6. The van der Waals surface area contributed by atoms with Crippen LogP contribution in [0.15, 0.2) is 9.59 Å². The minimum absolute atomic E-state index is 0.0351. The summed E-state index contributed by atoms with van der Waals surface area (Å²) in [7, 11) is 1.65. The van der Waals surface area contributed by atoms with E-state index in [4.69, 9.17) is 5.73 Å². The lowest BCUT2D eigenvalue weighted by atomic mass is 10.2. The van der Waals surface area contributed by atoms with E-state index >= 15 is 0 Å². The number of aryl methyl sites for hydroxylation is 2. The Morgan fingerprint density at radius 1 is 1.29 bits per heavy atom. The molecule has 21 heavy (non-hydrogen) atoms. The lowest BCUT2D eigenvalue weighted by Gasteiger charge is -2.15. The zero-order chi connectivity index (χ0) is 15.7. The van der Waals surface area contributed by atoms with E-state index in [9.17, 15) is 9.59 Å². The molecule has 116 valence electrons. The van der Waals surface area contributed by atoms with Gasteiger partial charge >= 0.3 is 5.69 Å². The Morgan fingerprint density at radius 2 is 1.95 bits per heavy atom. The Labute approximate surface area is 123 Å². The van der Waals surface area contributed by atoms with Crippen LogP contribution in [0.1, 0.15) is 39.1 Å². The molecule has 0 radical (unpaired) electrons. The van der Waals surface area contributed by atoms with Gasteiger partial charge in [0.2, 0.25) is 0 Å². The number of nitrogens with two attached hydrogens (primary N) is 1. The van der Waals surface area contributed by atoms with E-state index in [0.717, 1.165) is 18.7 Å². The smallest absolute Gasteiger partial charge is 0.328 e. The Balaban J connectivity index is 2.97. The molecule has 0 amide bonds. The van der Waals surface area contributed by atoms with Crippen molar-refractivity contribution in [3.63, 3.8) is 0 Å². The van der Waals surface area contributed by atoms with E-state index in [1.165, 1.54) is 9.13 Å². The molecule has 7 nitrogen and oxygen atoms in total. The van der Waals surface area contributed by atoms with Crippen LogP contribution in [0.2, 0.25) is 0 Å². The van der Waals surface area contributed by atoms with Gasteiger partial charge in [0, 0.05) is 32.6 Å². The predicted molar refractivity (Wildman–Crippen MR) is 82.7 cm³/mol. The molecular formula is C14H23N5O2. The standard InChI is InChI=1S/C14H23N5O2/c1-5-7-10-16-12-11(19(10)9(3)8-15)13(20)18(6-2)14(21)17(12)4/h9H,5-8,15H2,1-4H3. The second kappa shape index (κ2) is 5.85. The van der Waals surface area contributed by atoms with Crippen LogP contribution in [0.25, 0.3) is 11.2 Å². The third-order valence-corrected chi connectivity index (χ3v) is 3.82. The fourth-order valence-electron chi connectivity index (χ4n) is 2.64. The largest absolute Gasteiger partial charge is 0.332 e. The lowest BCUT2D eigenvalue weighted by Crippen LogP contribution is -2.39. The van der Waals surface area contributed by atoms with Crippen LogP contribution in [-0.4, -0.2) is 25.2 Å². The zero-order valence-corrected chi connectivity index (χ0v) is 13.1. The lowest BCUT2D eigenvalue weighted by molar-refractivity contribution is 0.539. The Bertz CT molecular complexity index is 768. The normalized spacial score (nSPS) is 13.0. The summed E-state index contributed by atoms with van der Waals surface area (Å²) in [6.07, 6.45) is 1.66. The third kappa shape index (κ3) is 2.31. The fourth-order valence-corrected chi connectivity index (χ4v) is 2.64. The van der Waals surface area contributed by atoms with Crippen molar-refractivity contribution in [3.8, 4) is 0 Å². The molecule has 0 aliphatic heterocycles. The molecule has 0 fully saturated rings. The van der Waals surface area contributed by atoms with Gasteiger partial charge in [-0.1, -0.05) is 6.92 Å². The fraction of sp³-hybridized carbons (Fsp3) is 0.643. The highest BCUT2D eigenvalue weighted by atomic mass is 16.2. The van der Waals surface area contributed by atoms with E-state index < -0.39 is 0 Å². The second-order valence-electron chi connectivity index (χ2n) is 5.30. The van der Waals surface area contributed by atoms with E-state index in [2.05, 4.69) is 11.9 Å². The van der Waals surface area contributed by atoms with Crippen molar-refractivity contribution < 1.29 is 0 Å². The first-order chi connectivity index (χ1) is 9.97. The Morgan fingerprint density at radius 3 is 2.48 bits per heavy atom. The molecule has 0 aromatic carbocycles. The highest BCUT2D eigenvalue weighted by Crippen LogP contribution is 2.18. The summed E-state index contributed by atoms with van der Waals surface area (Å²) >= 11 is 0. The van der Waals surface area contributed by atoms with Crippen molar-refractivity contribution in [2.45, 2.75) is 46.2 Å². The van der Waals surface area contributed by atoms with Crippen LogP contribution in [0, 0.1) is 0 Å². The quantitative estimate of drug-likeness (QED) is 0.863. The first-order valence-electron chi connectivity index (χ1n) is 7.38. The highest BCUT2D eigenvalue weighted by Gasteiger charge is 2.21. The Hall–Kier alpha value is -1.89. The van der Waals surface area contributed by atoms with Crippen molar-refractivity contribution >= 4 is 11.2 Å². The van der Waals surface area contributed by atoms with Gasteiger partial charge in [-0.2, -0.15) is 0 Å². The van der Waals surface area contributed by atoms with Crippen LogP contribution in [0.3, 0.4) is 0 Å². The van der Waals surface area contributed by atoms with Gasteiger partial charge in [-0.15, -0.1) is 0 Å². The zero-order valence-electron chi connectivity index (χ0n) is 13.1. The third-order valence-electron chi connectivity index (χ3n) is 3.82. The molecule has 0 bridgehead atoms. The molecule has 1 unspecified atom stereocenters. The SMILES string of the molecule is CCCc1nc2c(c(=O)n(CC)c(=O)n2C)n1C(C)CN. The van der Waals surface area contributed by atoms with Gasteiger partial charge in [0.25, 0.3) is 5.56 Å². The average Bonchev–Trinajstić information content (AvgIpc) is 2.85. The molecule has 0 spiro atoms. The molecule has 2 aromatic heterocycles. The second-order valence-corrected chi connectivity index (χ2v) is 5.30. The molecule has 2 N–H and O–H groups in total. The van der Waals surface area contributed by atoms with Gasteiger partial charge in [-0.25, -0.2) is 9.78 Å². The molecule has 0 aliphatic carbocycles. The predicted octanol–water partition coefficient (Wildman–Crippen LogP) is 0.389. The van der Waals surface area contributed by atoms with E-state index in [-0.39, 0.29) is 17.3 Å². The topological polar surface area (TPSA) is 87.8 Å². The minimum Gasteiger partial charge on any atom is -0.328 e. The summed E-state index contributed by atoms with van der Waals surface area (Å²) in [6.45, 7) is 6.55. The van der Waals surface area contributed by atoms with Crippen LogP contribution < -0.4 is 17.0 Å². The number of imidazole rings is 1. The molecular weight excluding hydrogens is 270 g/mol. The highest BCUT2D eigenvalue weighted by molar-refractivity contribution is 5.71. The number of nitrogens with zero attached hydrogens (tertiary/aromatic N) is 4. The number of rotatable bonds is 5. The van der Waals surface area contributed by atoms with Crippen LogP contribution in [0.4, 0.5) is 0 Å². The summed E-state index contributed by atoms with van der Waals surface area (Å²) in [4.78, 5) is 29.4. The van der Waals surface area contributed by atoms with Crippen molar-refractivity contribution in [3.05, 3.63) is 26.7 Å². The molecule has 2 rings (SSSR count). The van der Waals surface area contributed by atoms with Gasteiger partial charge in [-0.3, -0.25) is 13.9 Å². The molecule has 0 saturated carbocycles.